The van der Waals surface area contributed by atoms with Crippen LogP contribution >= 0.6 is 11.6 Å². The number of carbonyl (C=O) groups is 1. The Kier molecular flexibility index (Phi) is 6.35. The van der Waals surface area contributed by atoms with Gasteiger partial charge >= 0.3 is 0 Å². The topological polar surface area (TPSA) is 88.2 Å². The Morgan fingerprint density at radius 3 is 2.47 bits per heavy atom. The third kappa shape index (κ3) is 4.56. The van der Waals surface area contributed by atoms with Crippen LogP contribution in [0.4, 0.5) is 0 Å². The maximum absolute atomic E-state index is 12.9. The lowest BCUT2D eigenvalue weighted by molar-refractivity contribution is -0.131. The molecular weight excluding hydrogens is 454 g/mol. The average Bonchev–Trinajstić information content (AvgIpc) is 3.26. The number of benzene rings is 2. The van der Waals surface area contributed by atoms with Crippen LogP contribution in [-0.4, -0.2) is 63.0 Å². The van der Waals surface area contributed by atoms with Gasteiger partial charge in [-0.1, -0.05) is 29.8 Å². The predicted molar refractivity (Wildman–Crippen MR) is 120 cm³/mol. The van der Waals surface area contributed by atoms with Gasteiger partial charge in [0, 0.05) is 31.7 Å². The molecule has 172 valence electrons. The molecule has 8 nitrogen and oxygen atoms in total. The largest absolute Gasteiger partial charge is 0.454 e. The minimum absolute atomic E-state index is 0.0754. The van der Waals surface area contributed by atoms with E-state index in [1.54, 1.807) is 23.1 Å². The zero-order chi connectivity index (χ0) is 22.9. The molecule has 1 saturated heterocycles. The average molecular weight is 480 g/mol. The van der Waals surface area contributed by atoms with Gasteiger partial charge in [0.25, 0.3) is 0 Å². The lowest BCUT2D eigenvalue weighted by atomic mass is 9.94. The Hall–Kier alpha value is -2.33. The smallest absolute Gasteiger partial charge is 0.244 e. The number of ether oxygens (including phenoxy) is 2. The maximum Gasteiger partial charge on any atom is 0.244 e. The summed E-state index contributed by atoms with van der Waals surface area (Å²) in [6, 6.07) is 12.1. The molecule has 2 aromatic carbocycles. The number of sulfonamides is 1. The second-order valence-electron chi connectivity index (χ2n) is 8.26. The summed E-state index contributed by atoms with van der Waals surface area (Å²) in [5.41, 5.74) is 0.511. The monoisotopic (exact) mass is 479 g/mol. The van der Waals surface area contributed by atoms with Crippen molar-refractivity contribution >= 4 is 27.5 Å². The molecule has 0 radical (unpaired) electrons. The summed E-state index contributed by atoms with van der Waals surface area (Å²) >= 11 is 6.08. The van der Waals surface area contributed by atoms with Gasteiger partial charge in [-0.2, -0.15) is 4.31 Å². The van der Waals surface area contributed by atoms with E-state index in [0.29, 0.717) is 24.6 Å². The van der Waals surface area contributed by atoms with Crippen molar-refractivity contribution in [2.45, 2.75) is 24.3 Å². The van der Waals surface area contributed by atoms with E-state index in [1.807, 2.05) is 32.0 Å². The Morgan fingerprint density at radius 1 is 1.06 bits per heavy atom. The van der Waals surface area contributed by atoms with Crippen LogP contribution < -0.4 is 14.8 Å². The van der Waals surface area contributed by atoms with E-state index in [2.05, 4.69) is 5.32 Å². The van der Waals surface area contributed by atoms with Crippen LogP contribution in [0.5, 0.6) is 11.5 Å². The van der Waals surface area contributed by atoms with Crippen molar-refractivity contribution in [1.29, 1.82) is 0 Å². The molecule has 2 heterocycles. The van der Waals surface area contributed by atoms with Crippen molar-refractivity contribution in [3.05, 3.63) is 53.1 Å². The van der Waals surface area contributed by atoms with Crippen LogP contribution in [0.3, 0.4) is 0 Å². The molecule has 0 aliphatic carbocycles. The SMILES string of the molecule is CC(C)(NCC(=O)N1CCN(S(=O)(=O)c2ccccc2Cl)CC1)c1ccc2c(c1)OCO2. The quantitative estimate of drug-likeness (QED) is 0.684. The van der Waals surface area contributed by atoms with E-state index in [1.165, 1.54) is 10.4 Å². The van der Waals surface area contributed by atoms with Gasteiger partial charge in [-0.3, -0.25) is 10.1 Å². The molecule has 2 aliphatic rings. The predicted octanol–water partition coefficient (Wildman–Crippen LogP) is 2.43. The minimum Gasteiger partial charge on any atom is -0.454 e. The Balaban J connectivity index is 1.33. The van der Waals surface area contributed by atoms with Crippen molar-refractivity contribution < 1.29 is 22.7 Å². The Labute approximate surface area is 193 Å². The number of nitrogens with one attached hydrogen (secondary N) is 1. The summed E-state index contributed by atoms with van der Waals surface area (Å²) in [7, 11) is -3.69. The van der Waals surface area contributed by atoms with Crippen LogP contribution in [0.25, 0.3) is 0 Å². The van der Waals surface area contributed by atoms with Gasteiger partial charge in [-0.25, -0.2) is 8.42 Å². The van der Waals surface area contributed by atoms with E-state index in [0.717, 1.165) is 5.56 Å². The summed E-state index contributed by atoms with van der Waals surface area (Å²) in [5.74, 6) is 1.33. The second kappa shape index (κ2) is 8.90. The van der Waals surface area contributed by atoms with Crippen molar-refractivity contribution in [3.8, 4) is 11.5 Å². The summed E-state index contributed by atoms with van der Waals surface area (Å²) < 4.78 is 37.9. The number of carbonyl (C=O) groups excluding carboxylic acids is 1. The molecule has 2 aromatic rings. The van der Waals surface area contributed by atoms with E-state index in [-0.39, 0.29) is 42.3 Å². The first-order valence-electron chi connectivity index (χ1n) is 10.4. The highest BCUT2D eigenvalue weighted by Crippen LogP contribution is 2.35. The zero-order valence-electron chi connectivity index (χ0n) is 18.0. The molecule has 4 rings (SSSR count). The molecule has 2 aliphatic heterocycles. The molecule has 0 aromatic heterocycles. The molecular formula is C22H26ClN3O5S. The number of fused-ring (bicyclic) bond motifs is 1. The fourth-order valence-corrected chi connectivity index (χ4v) is 5.68. The van der Waals surface area contributed by atoms with Gasteiger partial charge < -0.3 is 14.4 Å². The van der Waals surface area contributed by atoms with Crippen LogP contribution in [0.15, 0.2) is 47.4 Å². The van der Waals surface area contributed by atoms with E-state index in [4.69, 9.17) is 21.1 Å². The second-order valence-corrected chi connectivity index (χ2v) is 10.6. The van der Waals surface area contributed by atoms with E-state index >= 15 is 0 Å². The van der Waals surface area contributed by atoms with Gasteiger partial charge in [-0.15, -0.1) is 0 Å². The standard InChI is InChI=1S/C22H26ClN3O5S/c1-22(2,16-7-8-18-19(13-16)31-15-30-18)24-14-21(27)25-9-11-26(12-10-25)32(28,29)20-6-4-3-5-17(20)23/h3-8,13,24H,9-12,14-15H2,1-2H3. The Morgan fingerprint density at radius 2 is 1.75 bits per heavy atom. The Bertz CT molecular complexity index is 1110. The first kappa shape index (κ1) is 22.8. The van der Waals surface area contributed by atoms with Gasteiger partial charge in [-0.05, 0) is 43.7 Å². The van der Waals surface area contributed by atoms with Crippen molar-refractivity contribution in [3.63, 3.8) is 0 Å². The summed E-state index contributed by atoms with van der Waals surface area (Å²) in [4.78, 5) is 14.5. The van der Waals surface area contributed by atoms with E-state index in [9.17, 15) is 13.2 Å². The number of hydrogen-bond acceptors (Lipinski definition) is 6. The highest BCUT2D eigenvalue weighted by atomic mass is 35.5. The lowest BCUT2D eigenvalue weighted by Gasteiger charge is -2.35. The molecule has 1 fully saturated rings. The summed E-state index contributed by atoms with van der Waals surface area (Å²) in [5, 5.41) is 3.50. The molecule has 0 atom stereocenters. The molecule has 0 unspecified atom stereocenters. The number of halogens is 1. The van der Waals surface area contributed by atoms with Gasteiger partial charge in [0.05, 0.1) is 11.6 Å². The normalized spacial score (nSPS) is 16.9. The summed E-state index contributed by atoms with van der Waals surface area (Å²) in [6.07, 6.45) is 0. The minimum atomic E-state index is -3.69. The van der Waals surface area contributed by atoms with Crippen molar-refractivity contribution in [1.82, 2.24) is 14.5 Å². The first-order chi connectivity index (χ1) is 15.2. The molecule has 0 spiro atoms. The van der Waals surface area contributed by atoms with Crippen molar-refractivity contribution in [2.75, 3.05) is 39.5 Å². The number of hydrogen-bond donors (Lipinski definition) is 1. The van der Waals surface area contributed by atoms with Gasteiger partial charge in [0.2, 0.25) is 22.7 Å². The fourth-order valence-electron chi connectivity index (χ4n) is 3.77. The maximum atomic E-state index is 12.9. The van der Waals surface area contributed by atoms with Gasteiger partial charge in [0.1, 0.15) is 4.90 Å². The number of amides is 1. The number of rotatable bonds is 6. The number of nitrogens with zero attached hydrogens (tertiary/aromatic N) is 2. The highest BCUT2D eigenvalue weighted by molar-refractivity contribution is 7.89. The molecule has 32 heavy (non-hydrogen) atoms. The molecule has 1 N–H and O–H groups in total. The first-order valence-corrected chi connectivity index (χ1v) is 12.2. The highest BCUT2D eigenvalue weighted by Gasteiger charge is 2.32. The molecule has 0 bridgehead atoms. The van der Waals surface area contributed by atoms with Crippen LogP contribution in [-0.2, 0) is 20.4 Å². The van der Waals surface area contributed by atoms with Crippen molar-refractivity contribution in [2.24, 2.45) is 0 Å². The lowest BCUT2D eigenvalue weighted by Crippen LogP contribution is -2.53. The summed E-state index contributed by atoms with van der Waals surface area (Å²) in [6.45, 7) is 5.44. The van der Waals surface area contributed by atoms with Gasteiger partial charge in [0.15, 0.2) is 11.5 Å². The molecule has 10 heteroatoms. The van der Waals surface area contributed by atoms with Crippen LogP contribution in [0, 0.1) is 0 Å². The fraction of sp³-hybridized carbons (Fsp3) is 0.409. The number of piperazine rings is 1. The molecule has 1 amide bonds. The zero-order valence-corrected chi connectivity index (χ0v) is 19.6. The van der Waals surface area contributed by atoms with Crippen LogP contribution in [0.2, 0.25) is 5.02 Å². The third-order valence-corrected chi connectivity index (χ3v) is 8.22. The third-order valence-electron chi connectivity index (χ3n) is 5.82. The molecule has 0 saturated carbocycles. The van der Waals surface area contributed by atoms with E-state index < -0.39 is 15.6 Å². The van der Waals surface area contributed by atoms with Crippen LogP contribution in [0.1, 0.15) is 19.4 Å².